The van der Waals surface area contributed by atoms with Crippen molar-refractivity contribution < 1.29 is 14.6 Å². The number of nitrogens with zero attached hydrogens (tertiary/aromatic N) is 7. The van der Waals surface area contributed by atoms with Crippen LogP contribution in [-0.2, 0) is 6.42 Å². The first kappa shape index (κ1) is 26.4. The molecular weight excluding hydrogens is 518 g/mol. The van der Waals surface area contributed by atoms with Crippen LogP contribution >= 0.6 is 0 Å². The Morgan fingerprint density at radius 3 is 2.63 bits per heavy atom. The van der Waals surface area contributed by atoms with Gasteiger partial charge < -0.3 is 24.4 Å². The van der Waals surface area contributed by atoms with Crippen LogP contribution in [0.1, 0.15) is 31.4 Å². The van der Waals surface area contributed by atoms with Crippen molar-refractivity contribution in [3.8, 4) is 40.7 Å². The number of aromatic nitrogens is 4. The number of ether oxygens (including phenoxy) is 2. The van der Waals surface area contributed by atoms with E-state index in [-0.39, 0.29) is 6.61 Å². The normalized spacial score (nSPS) is 17.8. The molecule has 7 heterocycles. The van der Waals surface area contributed by atoms with Crippen LogP contribution in [0.15, 0.2) is 55.2 Å². The van der Waals surface area contributed by atoms with Gasteiger partial charge in [-0.05, 0) is 50.1 Å². The van der Waals surface area contributed by atoms with Gasteiger partial charge in [-0.2, -0.15) is 10.4 Å². The van der Waals surface area contributed by atoms with Gasteiger partial charge in [0, 0.05) is 49.1 Å². The first-order chi connectivity index (χ1) is 19.8. The Morgan fingerprint density at radius 2 is 1.93 bits per heavy atom. The second kappa shape index (κ2) is 10.6. The third-order valence-electron chi connectivity index (χ3n) is 7.38. The van der Waals surface area contributed by atoms with E-state index < -0.39 is 5.60 Å². The molecule has 7 rings (SSSR count). The van der Waals surface area contributed by atoms with Crippen molar-refractivity contribution in [2.24, 2.45) is 0 Å². The number of pyridine rings is 3. The number of hydrogen-bond acceptors (Lipinski definition) is 9. The van der Waals surface area contributed by atoms with Crippen LogP contribution in [0, 0.1) is 23.3 Å². The van der Waals surface area contributed by atoms with Gasteiger partial charge in [0.05, 0.1) is 54.5 Å². The second-order valence-electron chi connectivity index (χ2n) is 11.1. The van der Waals surface area contributed by atoms with Crippen LogP contribution in [0.3, 0.4) is 0 Å². The number of piperazine rings is 1. The molecule has 0 spiro atoms. The van der Waals surface area contributed by atoms with Crippen LogP contribution in [-0.4, -0.2) is 74.1 Å². The molecule has 3 aliphatic rings. The Bertz CT molecular complexity index is 1660. The minimum Gasteiger partial charge on any atom is -0.495 e. The number of methoxy groups -OCH3 is 1. The molecule has 10 nitrogen and oxygen atoms in total. The standard InChI is InChI=1S/C31H31N7O3/c1-31(2,39)20-41-27-11-28(30-23(12-32)15-35-38(30)19-27)22-6-7-29(34-14-22)36-17-24-10-25(18-36)37(24)8-4-5-21-9-26(40-3)16-33-13-21/h6-7,9,11,13-16,19,24-25,39H,5,10,17-18,20H2,1-3H3. The number of rotatable bonds is 7. The molecule has 41 heavy (non-hydrogen) atoms. The summed E-state index contributed by atoms with van der Waals surface area (Å²) >= 11 is 0. The van der Waals surface area contributed by atoms with E-state index in [9.17, 15) is 10.4 Å². The lowest BCUT2D eigenvalue weighted by Crippen LogP contribution is -2.67. The van der Waals surface area contributed by atoms with Crippen LogP contribution in [0.5, 0.6) is 11.5 Å². The third kappa shape index (κ3) is 5.47. The van der Waals surface area contributed by atoms with Crippen molar-refractivity contribution in [2.75, 3.05) is 31.7 Å². The minimum atomic E-state index is -0.982. The Balaban J connectivity index is 1.16. The molecule has 0 aliphatic carbocycles. The Morgan fingerprint density at radius 1 is 1.10 bits per heavy atom. The van der Waals surface area contributed by atoms with Gasteiger partial charge in [-0.25, -0.2) is 9.50 Å². The number of aliphatic hydroxyl groups is 1. The van der Waals surface area contributed by atoms with Crippen molar-refractivity contribution in [2.45, 2.75) is 44.4 Å². The van der Waals surface area contributed by atoms with Gasteiger partial charge in [-0.1, -0.05) is 5.92 Å². The van der Waals surface area contributed by atoms with Gasteiger partial charge >= 0.3 is 0 Å². The SMILES string of the molecule is COc1cncc(CC#CN2C3CC2CN(c2ccc(-c4cc(OCC(C)(C)O)cn5ncc(C#N)c45)cn2)C3)c1. The minimum absolute atomic E-state index is 0.123. The van der Waals surface area contributed by atoms with Crippen molar-refractivity contribution in [3.63, 3.8) is 0 Å². The maximum absolute atomic E-state index is 10.1. The molecule has 3 fully saturated rings. The lowest BCUT2D eigenvalue weighted by Gasteiger charge is -2.55. The van der Waals surface area contributed by atoms with Gasteiger partial charge in [-0.15, -0.1) is 0 Å². The van der Waals surface area contributed by atoms with E-state index >= 15 is 0 Å². The van der Waals surface area contributed by atoms with E-state index in [0.717, 1.165) is 47.8 Å². The van der Waals surface area contributed by atoms with Gasteiger partial charge in [-0.3, -0.25) is 4.98 Å². The molecule has 2 bridgehead atoms. The molecule has 208 valence electrons. The summed E-state index contributed by atoms with van der Waals surface area (Å²) in [5.41, 5.74) is 2.86. The number of hydrogen-bond donors (Lipinski definition) is 1. The number of nitriles is 1. The van der Waals surface area contributed by atoms with Crippen molar-refractivity contribution >= 4 is 11.3 Å². The fourth-order valence-corrected chi connectivity index (χ4v) is 5.35. The van der Waals surface area contributed by atoms with E-state index in [0.29, 0.717) is 35.3 Å². The van der Waals surface area contributed by atoms with E-state index in [1.807, 2.05) is 36.7 Å². The smallest absolute Gasteiger partial charge is 0.138 e. The zero-order valence-corrected chi connectivity index (χ0v) is 23.3. The van der Waals surface area contributed by atoms with Crippen LogP contribution in [0.4, 0.5) is 5.82 Å². The van der Waals surface area contributed by atoms with E-state index in [4.69, 9.17) is 14.5 Å². The summed E-state index contributed by atoms with van der Waals surface area (Å²) in [4.78, 5) is 13.6. The topological polar surface area (TPSA) is 112 Å². The highest BCUT2D eigenvalue weighted by atomic mass is 16.5. The fourth-order valence-electron chi connectivity index (χ4n) is 5.35. The average Bonchev–Trinajstić information content (AvgIpc) is 3.41. The Kier molecular flexibility index (Phi) is 6.86. The zero-order valence-electron chi connectivity index (χ0n) is 23.3. The Hall–Kier alpha value is -4.80. The molecule has 0 radical (unpaired) electrons. The maximum atomic E-state index is 10.1. The highest BCUT2D eigenvalue weighted by molar-refractivity contribution is 5.85. The molecule has 3 saturated heterocycles. The molecule has 0 saturated carbocycles. The molecular formula is C31H31N7O3. The molecule has 2 atom stereocenters. The van der Waals surface area contributed by atoms with Crippen molar-refractivity contribution in [1.82, 2.24) is 24.5 Å². The summed E-state index contributed by atoms with van der Waals surface area (Å²) in [6, 6.07) is 14.2. The number of anilines is 1. The summed E-state index contributed by atoms with van der Waals surface area (Å²) < 4.78 is 12.7. The summed E-state index contributed by atoms with van der Waals surface area (Å²) in [6.45, 7) is 5.23. The molecule has 4 aromatic rings. The first-order valence-corrected chi connectivity index (χ1v) is 13.5. The molecule has 0 amide bonds. The predicted octanol–water partition coefficient (Wildman–Crippen LogP) is 3.29. The molecule has 2 unspecified atom stereocenters. The molecule has 1 N–H and O–H groups in total. The quantitative estimate of drug-likeness (QED) is 0.347. The molecule has 3 aliphatic heterocycles. The van der Waals surface area contributed by atoms with Gasteiger partial charge in [0.15, 0.2) is 0 Å². The lowest BCUT2D eigenvalue weighted by atomic mass is 9.88. The van der Waals surface area contributed by atoms with E-state index in [1.165, 1.54) is 0 Å². The van der Waals surface area contributed by atoms with Crippen molar-refractivity contribution in [1.29, 1.82) is 5.26 Å². The highest BCUT2D eigenvalue weighted by Crippen LogP contribution is 2.35. The van der Waals surface area contributed by atoms with E-state index in [1.54, 1.807) is 44.1 Å². The summed E-state index contributed by atoms with van der Waals surface area (Å²) in [7, 11) is 1.64. The second-order valence-corrected chi connectivity index (χ2v) is 11.1. The molecule has 0 aromatic carbocycles. The summed E-state index contributed by atoms with van der Waals surface area (Å²) in [5, 5.41) is 24.1. The summed E-state index contributed by atoms with van der Waals surface area (Å²) in [5.74, 6) is 5.50. The van der Waals surface area contributed by atoms with Crippen molar-refractivity contribution in [3.05, 3.63) is 66.4 Å². The molecule has 4 aromatic heterocycles. The first-order valence-electron chi connectivity index (χ1n) is 13.5. The monoisotopic (exact) mass is 549 g/mol. The number of fused-ring (bicyclic) bond motifs is 3. The highest BCUT2D eigenvalue weighted by Gasteiger charge is 2.43. The van der Waals surface area contributed by atoms with Gasteiger partial charge in [0.25, 0.3) is 0 Å². The van der Waals surface area contributed by atoms with Gasteiger partial charge in [0.1, 0.15) is 30.0 Å². The average molecular weight is 550 g/mol. The number of piperidine rings is 1. The van der Waals surface area contributed by atoms with E-state index in [2.05, 4.69) is 37.9 Å². The third-order valence-corrected chi connectivity index (χ3v) is 7.38. The molecule has 10 heteroatoms. The largest absolute Gasteiger partial charge is 0.495 e. The lowest BCUT2D eigenvalue weighted by molar-refractivity contribution is 0.0283. The van der Waals surface area contributed by atoms with Crippen LogP contribution in [0.2, 0.25) is 0 Å². The van der Waals surface area contributed by atoms with Crippen LogP contribution < -0.4 is 14.4 Å². The predicted molar refractivity (Wildman–Crippen MR) is 153 cm³/mol. The maximum Gasteiger partial charge on any atom is 0.138 e. The Labute approximate surface area is 238 Å². The van der Waals surface area contributed by atoms with Gasteiger partial charge in [0.2, 0.25) is 0 Å². The zero-order chi connectivity index (χ0) is 28.6. The fraction of sp³-hybridized carbons (Fsp3) is 0.355. The summed E-state index contributed by atoms with van der Waals surface area (Å²) in [6.07, 6.45) is 10.4. The van der Waals surface area contributed by atoms with Crippen LogP contribution in [0.25, 0.3) is 16.6 Å².